The van der Waals surface area contributed by atoms with E-state index in [4.69, 9.17) is 10.5 Å². The first kappa shape index (κ1) is 13.4. The molecule has 3 heteroatoms. The first-order valence-electron chi connectivity index (χ1n) is 6.74. The van der Waals surface area contributed by atoms with Crippen molar-refractivity contribution >= 4 is 0 Å². The van der Waals surface area contributed by atoms with Crippen LogP contribution in [0.3, 0.4) is 0 Å². The van der Waals surface area contributed by atoms with Gasteiger partial charge in [-0.2, -0.15) is 0 Å². The molecule has 0 aliphatic carbocycles. The number of nitrogens with zero attached hydrogens (tertiary/aromatic N) is 1. The summed E-state index contributed by atoms with van der Waals surface area (Å²) in [4.78, 5) is 2.52. The Balaban J connectivity index is 2.04. The van der Waals surface area contributed by atoms with Gasteiger partial charge in [0, 0.05) is 25.2 Å². The van der Waals surface area contributed by atoms with Crippen LogP contribution >= 0.6 is 0 Å². The Morgan fingerprint density at radius 2 is 2.17 bits per heavy atom. The third kappa shape index (κ3) is 2.85. The fourth-order valence-corrected chi connectivity index (χ4v) is 2.70. The third-order valence-electron chi connectivity index (χ3n) is 4.28. The van der Waals surface area contributed by atoms with Crippen LogP contribution < -0.4 is 10.5 Å². The van der Waals surface area contributed by atoms with E-state index in [1.165, 1.54) is 5.56 Å². The quantitative estimate of drug-likeness (QED) is 0.891. The summed E-state index contributed by atoms with van der Waals surface area (Å²) in [5.41, 5.74) is 7.43. The highest BCUT2D eigenvalue weighted by Gasteiger charge is 2.29. The van der Waals surface area contributed by atoms with Crippen LogP contribution in [0.1, 0.15) is 25.8 Å². The first-order valence-corrected chi connectivity index (χ1v) is 6.74. The fourth-order valence-electron chi connectivity index (χ4n) is 2.70. The fraction of sp³-hybridized carbons (Fsp3) is 0.600. The number of benzene rings is 1. The van der Waals surface area contributed by atoms with Crippen LogP contribution in [0, 0.1) is 5.92 Å². The van der Waals surface area contributed by atoms with E-state index < -0.39 is 0 Å². The first-order chi connectivity index (χ1) is 8.61. The lowest BCUT2D eigenvalue weighted by Crippen LogP contribution is -2.51. The molecule has 0 radical (unpaired) electrons. The minimum atomic E-state index is 0.349. The van der Waals surface area contributed by atoms with Crippen molar-refractivity contribution in [1.82, 2.24) is 4.90 Å². The Bertz CT molecular complexity index is 394. The summed E-state index contributed by atoms with van der Waals surface area (Å²) in [6.07, 6.45) is 1.09. The lowest BCUT2D eigenvalue weighted by Gasteiger charge is -2.41. The lowest BCUT2D eigenvalue weighted by atomic mass is 9.87. The van der Waals surface area contributed by atoms with Crippen molar-refractivity contribution in [2.75, 3.05) is 13.7 Å². The van der Waals surface area contributed by atoms with Gasteiger partial charge < -0.3 is 10.5 Å². The summed E-state index contributed by atoms with van der Waals surface area (Å²) >= 11 is 0. The molecule has 1 aliphatic heterocycles. The summed E-state index contributed by atoms with van der Waals surface area (Å²) in [5, 5.41) is 0. The van der Waals surface area contributed by atoms with E-state index in [2.05, 4.69) is 36.9 Å². The number of methoxy groups -OCH3 is 1. The second-order valence-corrected chi connectivity index (χ2v) is 5.37. The van der Waals surface area contributed by atoms with E-state index in [0.29, 0.717) is 18.0 Å². The average Bonchev–Trinajstić information content (AvgIpc) is 2.40. The van der Waals surface area contributed by atoms with Gasteiger partial charge in [-0.3, -0.25) is 4.90 Å². The van der Waals surface area contributed by atoms with Gasteiger partial charge in [0.1, 0.15) is 5.75 Å². The van der Waals surface area contributed by atoms with Gasteiger partial charge in [-0.1, -0.05) is 19.1 Å². The van der Waals surface area contributed by atoms with Gasteiger partial charge in [0.05, 0.1) is 7.11 Å². The molecule has 2 N–H and O–H groups in total. The summed E-state index contributed by atoms with van der Waals surface area (Å²) in [6, 6.07) is 9.21. The second kappa shape index (κ2) is 5.72. The zero-order chi connectivity index (χ0) is 13.1. The molecule has 1 aromatic rings. The molecule has 3 nitrogen and oxygen atoms in total. The van der Waals surface area contributed by atoms with Gasteiger partial charge in [-0.25, -0.2) is 0 Å². The molecular formula is C15H24N2O. The van der Waals surface area contributed by atoms with Crippen LogP contribution in [0.2, 0.25) is 0 Å². The van der Waals surface area contributed by atoms with Gasteiger partial charge in [0.25, 0.3) is 0 Å². The number of nitrogens with two attached hydrogens (primary N) is 1. The summed E-state index contributed by atoms with van der Waals surface area (Å²) < 4.78 is 5.27. The second-order valence-electron chi connectivity index (χ2n) is 5.37. The molecule has 0 spiro atoms. The molecule has 0 saturated carbocycles. The molecule has 3 atom stereocenters. The summed E-state index contributed by atoms with van der Waals surface area (Å²) in [5.74, 6) is 1.49. The van der Waals surface area contributed by atoms with Gasteiger partial charge in [-0.15, -0.1) is 0 Å². The number of hydrogen-bond acceptors (Lipinski definition) is 3. The van der Waals surface area contributed by atoms with Crippen molar-refractivity contribution in [1.29, 1.82) is 0 Å². The summed E-state index contributed by atoms with van der Waals surface area (Å²) in [6.45, 7) is 6.61. The molecule has 0 bridgehead atoms. The van der Waals surface area contributed by atoms with E-state index in [0.717, 1.165) is 25.3 Å². The molecule has 3 unspecified atom stereocenters. The molecule has 1 heterocycles. The maximum absolute atomic E-state index is 6.12. The van der Waals surface area contributed by atoms with Crippen LogP contribution in [-0.2, 0) is 6.54 Å². The lowest BCUT2D eigenvalue weighted by molar-refractivity contribution is 0.0909. The number of ether oxygens (including phenoxy) is 1. The topological polar surface area (TPSA) is 38.5 Å². The van der Waals surface area contributed by atoms with E-state index in [1.807, 2.05) is 6.07 Å². The molecule has 2 rings (SSSR count). The van der Waals surface area contributed by atoms with E-state index in [9.17, 15) is 0 Å². The van der Waals surface area contributed by atoms with Gasteiger partial charge >= 0.3 is 0 Å². The Labute approximate surface area is 110 Å². The van der Waals surface area contributed by atoms with Crippen molar-refractivity contribution in [3.63, 3.8) is 0 Å². The molecular weight excluding hydrogens is 224 g/mol. The number of piperidine rings is 1. The average molecular weight is 248 g/mol. The molecule has 1 saturated heterocycles. The molecule has 18 heavy (non-hydrogen) atoms. The maximum Gasteiger partial charge on any atom is 0.119 e. The van der Waals surface area contributed by atoms with E-state index in [1.54, 1.807) is 7.11 Å². The minimum absolute atomic E-state index is 0.349. The maximum atomic E-state index is 6.12. The van der Waals surface area contributed by atoms with Crippen LogP contribution in [-0.4, -0.2) is 30.6 Å². The molecule has 0 amide bonds. The standard InChI is InChI=1S/C15H24N2O/c1-11-12(2)17(8-7-15(11)16)10-13-5-4-6-14(9-13)18-3/h4-6,9,11-12,15H,7-8,10,16H2,1-3H3. The normalized spacial score (nSPS) is 29.2. The Hall–Kier alpha value is -1.06. The van der Waals surface area contributed by atoms with Crippen molar-refractivity contribution in [3.05, 3.63) is 29.8 Å². The molecule has 100 valence electrons. The van der Waals surface area contributed by atoms with E-state index >= 15 is 0 Å². The van der Waals surface area contributed by atoms with Crippen LogP contribution in [0.5, 0.6) is 5.75 Å². The van der Waals surface area contributed by atoms with Crippen molar-refractivity contribution in [2.45, 2.75) is 38.9 Å². The zero-order valence-electron chi connectivity index (χ0n) is 11.6. The minimum Gasteiger partial charge on any atom is -0.497 e. The smallest absolute Gasteiger partial charge is 0.119 e. The highest BCUT2D eigenvalue weighted by molar-refractivity contribution is 5.28. The Morgan fingerprint density at radius 3 is 2.89 bits per heavy atom. The van der Waals surface area contributed by atoms with Gasteiger partial charge in [-0.05, 0) is 37.0 Å². The number of hydrogen-bond donors (Lipinski definition) is 1. The largest absolute Gasteiger partial charge is 0.497 e. The molecule has 1 aliphatic rings. The van der Waals surface area contributed by atoms with Crippen LogP contribution in [0.4, 0.5) is 0 Å². The Morgan fingerprint density at radius 1 is 1.39 bits per heavy atom. The van der Waals surface area contributed by atoms with Crippen LogP contribution in [0.25, 0.3) is 0 Å². The van der Waals surface area contributed by atoms with Crippen molar-refractivity contribution in [2.24, 2.45) is 11.7 Å². The monoisotopic (exact) mass is 248 g/mol. The zero-order valence-corrected chi connectivity index (χ0v) is 11.6. The SMILES string of the molecule is COc1cccc(CN2CCC(N)C(C)C2C)c1. The number of likely N-dealkylation sites (tertiary alicyclic amines) is 1. The third-order valence-corrected chi connectivity index (χ3v) is 4.28. The van der Waals surface area contributed by atoms with Crippen molar-refractivity contribution in [3.8, 4) is 5.75 Å². The molecule has 0 aromatic heterocycles. The molecule has 1 fully saturated rings. The van der Waals surface area contributed by atoms with Gasteiger partial charge in [0.2, 0.25) is 0 Å². The van der Waals surface area contributed by atoms with Crippen molar-refractivity contribution < 1.29 is 4.74 Å². The van der Waals surface area contributed by atoms with E-state index in [-0.39, 0.29) is 0 Å². The summed E-state index contributed by atoms with van der Waals surface area (Å²) in [7, 11) is 1.71. The predicted molar refractivity (Wildman–Crippen MR) is 74.6 cm³/mol. The number of rotatable bonds is 3. The predicted octanol–water partition coefficient (Wildman–Crippen LogP) is 2.25. The highest BCUT2D eigenvalue weighted by atomic mass is 16.5. The van der Waals surface area contributed by atoms with Crippen LogP contribution in [0.15, 0.2) is 24.3 Å². The Kier molecular flexibility index (Phi) is 4.25. The molecule has 1 aromatic carbocycles. The highest BCUT2D eigenvalue weighted by Crippen LogP contribution is 2.24. The van der Waals surface area contributed by atoms with Gasteiger partial charge in [0.15, 0.2) is 0 Å².